The number of nitrogens with two attached hydrogens (primary N) is 1. The van der Waals surface area contributed by atoms with E-state index in [0.717, 1.165) is 32.9 Å². The van der Waals surface area contributed by atoms with Gasteiger partial charge in [-0.3, -0.25) is 14.4 Å². The van der Waals surface area contributed by atoms with Crippen molar-refractivity contribution in [2.45, 2.75) is 57.3 Å². The van der Waals surface area contributed by atoms with E-state index < -0.39 is 28.6 Å². The number of carbonyl (C=O) groups is 3. The Morgan fingerprint density at radius 1 is 0.811 bits per heavy atom. The van der Waals surface area contributed by atoms with Crippen molar-refractivity contribution in [3.8, 4) is 0 Å². The van der Waals surface area contributed by atoms with Crippen LogP contribution in [0, 0.1) is 0 Å². The van der Waals surface area contributed by atoms with Crippen molar-refractivity contribution in [3.63, 3.8) is 0 Å². The molecule has 7 N–H and O–H groups in total. The van der Waals surface area contributed by atoms with Crippen LogP contribution in [0.3, 0.4) is 0 Å². The van der Waals surface area contributed by atoms with Gasteiger partial charge in [0.2, 0.25) is 18.2 Å². The van der Waals surface area contributed by atoms with Crippen LogP contribution in [0.15, 0.2) is 60.9 Å². The predicted molar refractivity (Wildman–Crippen MR) is 145 cm³/mol. The van der Waals surface area contributed by atoms with E-state index in [1.165, 1.54) is 0 Å². The Morgan fingerprint density at radius 2 is 1.32 bits per heavy atom. The number of fused-ring (bicyclic) bond motifs is 2. The molecular weight excluding hydrogens is 468 g/mol. The second kappa shape index (κ2) is 9.74. The Balaban J connectivity index is 1.66. The van der Waals surface area contributed by atoms with Gasteiger partial charge in [0, 0.05) is 47.0 Å². The Morgan fingerprint density at radius 3 is 1.84 bits per heavy atom. The third kappa shape index (κ3) is 5.51. The number of amides is 3. The number of para-hydroxylation sites is 2. The highest BCUT2D eigenvalue weighted by molar-refractivity contribution is 5.95. The van der Waals surface area contributed by atoms with Crippen LogP contribution in [0.2, 0.25) is 0 Å². The molecule has 0 spiro atoms. The fourth-order valence-electron chi connectivity index (χ4n) is 4.56. The summed E-state index contributed by atoms with van der Waals surface area (Å²) in [7, 11) is 0. The lowest BCUT2D eigenvalue weighted by Crippen LogP contribution is -2.68. The number of aromatic amines is 2. The molecule has 4 aromatic rings. The van der Waals surface area contributed by atoms with E-state index in [-0.39, 0.29) is 6.42 Å². The summed E-state index contributed by atoms with van der Waals surface area (Å²) < 4.78 is 0. The first kappa shape index (κ1) is 26.0. The first-order valence-corrected chi connectivity index (χ1v) is 12.2. The minimum absolute atomic E-state index is 0.203. The highest BCUT2D eigenvalue weighted by atomic mass is 16.2. The Bertz CT molecular complexity index is 1450. The highest BCUT2D eigenvalue weighted by Crippen LogP contribution is 2.25. The van der Waals surface area contributed by atoms with E-state index in [2.05, 4.69) is 25.9 Å². The third-order valence-corrected chi connectivity index (χ3v) is 6.68. The number of nitrogens with one attached hydrogen (secondary N) is 5. The van der Waals surface area contributed by atoms with Gasteiger partial charge in [-0.1, -0.05) is 36.4 Å². The van der Waals surface area contributed by atoms with Crippen molar-refractivity contribution in [1.82, 2.24) is 25.9 Å². The monoisotopic (exact) mass is 502 g/mol. The summed E-state index contributed by atoms with van der Waals surface area (Å²) in [6, 6.07) is 15.6. The normalized spacial score (nSPS) is 15.1. The quantitative estimate of drug-likeness (QED) is 0.146. The third-order valence-electron chi connectivity index (χ3n) is 6.68. The second-order valence-corrected chi connectivity index (χ2v) is 10.6. The molecule has 2 atom stereocenters. The van der Waals surface area contributed by atoms with E-state index in [1.807, 2.05) is 60.9 Å². The summed E-state index contributed by atoms with van der Waals surface area (Å²) in [5.41, 5.74) is 6.04. The van der Waals surface area contributed by atoms with Gasteiger partial charge in [0.05, 0.1) is 5.54 Å². The van der Waals surface area contributed by atoms with Crippen molar-refractivity contribution in [3.05, 3.63) is 72.1 Å². The molecule has 9 heteroatoms. The molecule has 0 radical (unpaired) electrons. The van der Waals surface area contributed by atoms with Gasteiger partial charge in [-0.25, -0.2) is 0 Å². The predicted octanol–water partition coefficient (Wildman–Crippen LogP) is 2.62. The summed E-state index contributed by atoms with van der Waals surface area (Å²) in [5.74, 6) is -0.918. The molecule has 2 aromatic carbocycles. The molecule has 0 saturated heterocycles. The average molecular weight is 503 g/mol. The van der Waals surface area contributed by atoms with Crippen molar-refractivity contribution < 1.29 is 14.4 Å². The largest absolute Gasteiger partial charge is 0.361 e. The molecule has 2 aromatic heterocycles. The van der Waals surface area contributed by atoms with Crippen LogP contribution in [0.25, 0.3) is 21.8 Å². The number of hydrogen-bond acceptors (Lipinski definition) is 4. The molecule has 0 fully saturated rings. The molecule has 4 rings (SSSR count). The van der Waals surface area contributed by atoms with E-state index >= 15 is 0 Å². The summed E-state index contributed by atoms with van der Waals surface area (Å²) in [6.07, 6.45) is 4.79. The maximum absolute atomic E-state index is 13.9. The minimum Gasteiger partial charge on any atom is -0.361 e. The van der Waals surface area contributed by atoms with Gasteiger partial charge in [-0.05, 0) is 51.0 Å². The van der Waals surface area contributed by atoms with E-state index in [4.69, 9.17) is 5.73 Å². The van der Waals surface area contributed by atoms with Crippen LogP contribution in [0.5, 0.6) is 0 Å². The van der Waals surface area contributed by atoms with Crippen LogP contribution < -0.4 is 21.7 Å². The molecule has 3 amide bonds. The average Bonchev–Trinajstić information content (AvgIpc) is 3.42. The summed E-state index contributed by atoms with van der Waals surface area (Å²) >= 11 is 0. The Kier molecular flexibility index (Phi) is 6.84. The van der Waals surface area contributed by atoms with Crippen LogP contribution in [0.4, 0.5) is 0 Å². The van der Waals surface area contributed by atoms with Crippen molar-refractivity contribution >= 4 is 40.0 Å². The fourth-order valence-corrected chi connectivity index (χ4v) is 4.56. The van der Waals surface area contributed by atoms with Crippen molar-refractivity contribution in [2.24, 2.45) is 5.73 Å². The summed E-state index contributed by atoms with van der Waals surface area (Å²) in [4.78, 5) is 44.9. The zero-order chi connectivity index (χ0) is 26.8. The molecule has 9 nitrogen and oxygen atoms in total. The molecule has 2 heterocycles. The first-order chi connectivity index (χ1) is 17.4. The summed E-state index contributed by atoms with van der Waals surface area (Å²) in [6.45, 7) is 6.57. The van der Waals surface area contributed by atoms with Gasteiger partial charge < -0.3 is 31.7 Å². The number of carbonyl (C=O) groups excluding carboxylic acids is 3. The lowest BCUT2D eigenvalue weighted by molar-refractivity contribution is -0.136. The molecule has 194 valence electrons. The number of benzene rings is 2. The second-order valence-electron chi connectivity index (χ2n) is 10.6. The number of rotatable bonds is 10. The standard InChI is InChI=1S/C28H34N6O3/c1-26(2,29)24(36)33-27(3,13-18-15-30-22-11-7-5-9-20(18)22)25(37)34-28(4,32-17-35)14-19-16-31-23-12-8-6-10-21(19)23/h5-12,15-17,30-31H,13-14,29H2,1-4H3,(H,32,35)(H,33,36)(H,34,37)/t27-,28-/m1/s1. The van der Waals surface area contributed by atoms with Gasteiger partial charge in [0.25, 0.3) is 0 Å². The minimum atomic E-state index is -1.37. The van der Waals surface area contributed by atoms with Gasteiger partial charge in [0.1, 0.15) is 11.2 Å². The van der Waals surface area contributed by atoms with Crippen molar-refractivity contribution in [2.75, 3.05) is 0 Å². The zero-order valence-corrected chi connectivity index (χ0v) is 21.6. The van der Waals surface area contributed by atoms with Gasteiger partial charge >= 0.3 is 0 Å². The number of aromatic nitrogens is 2. The lowest BCUT2D eigenvalue weighted by Gasteiger charge is -2.37. The Labute approximate surface area is 215 Å². The fraction of sp³-hybridized carbons (Fsp3) is 0.321. The molecule has 0 bridgehead atoms. The van der Waals surface area contributed by atoms with E-state index in [1.54, 1.807) is 27.7 Å². The van der Waals surface area contributed by atoms with Gasteiger partial charge in [-0.2, -0.15) is 0 Å². The van der Waals surface area contributed by atoms with Crippen LogP contribution in [-0.2, 0) is 27.2 Å². The van der Waals surface area contributed by atoms with E-state index in [0.29, 0.717) is 12.8 Å². The smallest absolute Gasteiger partial charge is 0.247 e. The first-order valence-electron chi connectivity index (χ1n) is 12.2. The maximum Gasteiger partial charge on any atom is 0.247 e. The highest BCUT2D eigenvalue weighted by Gasteiger charge is 2.41. The molecular formula is C28H34N6O3. The molecule has 0 aliphatic heterocycles. The van der Waals surface area contributed by atoms with Crippen LogP contribution in [0.1, 0.15) is 38.8 Å². The zero-order valence-electron chi connectivity index (χ0n) is 21.6. The number of hydrogen-bond donors (Lipinski definition) is 6. The molecule has 37 heavy (non-hydrogen) atoms. The topological polar surface area (TPSA) is 145 Å². The molecule has 0 aliphatic carbocycles. The van der Waals surface area contributed by atoms with Crippen molar-refractivity contribution in [1.29, 1.82) is 0 Å². The SMILES string of the molecule is CC(C)(N)C(=O)N[C@](C)(Cc1c[nH]c2ccccc12)C(=O)N[C@](C)(Cc1c[nH]c2ccccc12)NC=O. The molecule has 0 saturated carbocycles. The maximum atomic E-state index is 13.9. The Hall–Kier alpha value is -4.11. The van der Waals surface area contributed by atoms with Crippen LogP contribution >= 0.6 is 0 Å². The molecule has 0 aliphatic rings. The molecule has 0 unspecified atom stereocenters. The van der Waals surface area contributed by atoms with E-state index in [9.17, 15) is 14.4 Å². The number of H-pyrrole nitrogens is 2. The summed E-state index contributed by atoms with van der Waals surface area (Å²) in [5, 5.41) is 10.6. The van der Waals surface area contributed by atoms with Gasteiger partial charge in [-0.15, -0.1) is 0 Å². The van der Waals surface area contributed by atoms with Gasteiger partial charge in [0.15, 0.2) is 0 Å². The lowest BCUT2D eigenvalue weighted by atomic mass is 9.89. The van der Waals surface area contributed by atoms with Crippen LogP contribution in [-0.4, -0.2) is 44.9 Å².